The Kier molecular flexibility index (Phi) is 10.8. The lowest BCUT2D eigenvalue weighted by atomic mass is 9.80. The van der Waals surface area contributed by atoms with Gasteiger partial charge in [0.1, 0.15) is 11.9 Å². The van der Waals surface area contributed by atoms with Gasteiger partial charge in [-0.15, -0.1) is 13.2 Å². The maximum absolute atomic E-state index is 13.5. The van der Waals surface area contributed by atoms with E-state index in [1.807, 2.05) is 0 Å². The summed E-state index contributed by atoms with van der Waals surface area (Å²) < 4.78 is 134. The van der Waals surface area contributed by atoms with Gasteiger partial charge < -0.3 is 19.5 Å². The number of hydrogen-bond acceptors (Lipinski definition) is 6. The zero-order valence-corrected chi connectivity index (χ0v) is 25.3. The molecule has 260 valence electrons. The third kappa shape index (κ3) is 9.60. The molecule has 47 heavy (non-hydrogen) atoms. The van der Waals surface area contributed by atoms with Crippen LogP contribution in [0.25, 0.3) is 0 Å². The highest BCUT2D eigenvalue weighted by Crippen LogP contribution is 2.42. The van der Waals surface area contributed by atoms with Crippen LogP contribution in [0.1, 0.15) is 74.3 Å². The maximum atomic E-state index is 13.5. The number of amides is 1. The number of esters is 1. The quantitative estimate of drug-likeness (QED) is 0.199. The molecule has 1 aliphatic carbocycles. The van der Waals surface area contributed by atoms with Crippen LogP contribution < -0.4 is 10.1 Å². The van der Waals surface area contributed by atoms with E-state index in [1.165, 1.54) is 13.0 Å². The summed E-state index contributed by atoms with van der Waals surface area (Å²) in [7, 11) is 0. The molecule has 2 atom stereocenters. The molecule has 4 rings (SSSR count). The van der Waals surface area contributed by atoms with Gasteiger partial charge in [-0.2, -0.15) is 26.3 Å². The smallest absolute Gasteiger partial charge is 0.466 e. The highest BCUT2D eigenvalue weighted by molar-refractivity contribution is 5.72. The van der Waals surface area contributed by atoms with E-state index in [0.717, 1.165) is 42.7 Å². The van der Waals surface area contributed by atoms with Crippen molar-refractivity contribution in [1.29, 1.82) is 0 Å². The van der Waals surface area contributed by atoms with Crippen LogP contribution in [0.15, 0.2) is 36.4 Å². The number of nitrogens with zero attached hydrogens (tertiary/aromatic N) is 1. The number of rotatable bonds is 10. The van der Waals surface area contributed by atoms with Crippen molar-refractivity contribution in [2.24, 2.45) is 11.8 Å². The Hall–Kier alpha value is -3.85. The number of benzene rings is 2. The van der Waals surface area contributed by atoms with Crippen molar-refractivity contribution in [2.75, 3.05) is 18.5 Å². The van der Waals surface area contributed by atoms with Crippen LogP contribution in [0.4, 0.5) is 50.0 Å². The number of hydrogen-bond donors (Lipinski definition) is 1. The first-order chi connectivity index (χ1) is 21.8. The Bertz CT molecular complexity index is 1390. The summed E-state index contributed by atoms with van der Waals surface area (Å²) in [6, 6.07) is 3.24. The van der Waals surface area contributed by atoms with Crippen molar-refractivity contribution in [3.05, 3.63) is 58.7 Å². The second kappa shape index (κ2) is 14.1. The SMILES string of the molecule is CCOC(=O)CC1CCC(CNc2ccc(OC(F)(F)F)cc2CN2C(=O)O[C@H](c3cc(C(F)(F)F)cc(C(F)(F)F)c3)[C@@H]2C)CC1. The summed E-state index contributed by atoms with van der Waals surface area (Å²) in [6.07, 6.45) is -14.5. The normalized spacial score (nSPS) is 22.2. The first kappa shape index (κ1) is 36.0. The Balaban J connectivity index is 1.53. The Morgan fingerprint density at radius 2 is 1.51 bits per heavy atom. The molecule has 2 aromatic carbocycles. The molecular formula is C31H33F9N2O5. The molecule has 0 unspecified atom stereocenters. The Morgan fingerprint density at radius 3 is 2.06 bits per heavy atom. The third-order valence-corrected chi connectivity index (χ3v) is 8.29. The van der Waals surface area contributed by atoms with Gasteiger partial charge in [0.15, 0.2) is 0 Å². The lowest BCUT2D eigenvalue weighted by Crippen LogP contribution is -2.32. The van der Waals surface area contributed by atoms with Crippen LogP contribution in [0.2, 0.25) is 0 Å². The number of ether oxygens (including phenoxy) is 3. The van der Waals surface area contributed by atoms with Crippen molar-refractivity contribution >= 4 is 17.7 Å². The van der Waals surface area contributed by atoms with Crippen molar-refractivity contribution in [3.8, 4) is 5.75 Å². The fourth-order valence-corrected chi connectivity index (χ4v) is 5.91. The Morgan fingerprint density at radius 1 is 0.915 bits per heavy atom. The molecule has 1 saturated carbocycles. The average molecular weight is 685 g/mol. The molecule has 0 radical (unpaired) electrons. The zero-order valence-electron chi connectivity index (χ0n) is 25.3. The topological polar surface area (TPSA) is 77.1 Å². The molecule has 0 bridgehead atoms. The van der Waals surface area contributed by atoms with Gasteiger partial charge in [0.2, 0.25) is 0 Å². The van der Waals surface area contributed by atoms with E-state index in [4.69, 9.17) is 9.47 Å². The number of carbonyl (C=O) groups excluding carboxylic acids is 2. The van der Waals surface area contributed by atoms with E-state index in [2.05, 4.69) is 10.1 Å². The fourth-order valence-electron chi connectivity index (χ4n) is 5.91. The largest absolute Gasteiger partial charge is 0.573 e. The summed E-state index contributed by atoms with van der Waals surface area (Å²) in [4.78, 5) is 25.7. The molecule has 1 amide bonds. The van der Waals surface area contributed by atoms with Crippen molar-refractivity contribution < 1.29 is 63.3 Å². The van der Waals surface area contributed by atoms with Gasteiger partial charge >= 0.3 is 30.8 Å². The minimum absolute atomic E-state index is 0.0420. The van der Waals surface area contributed by atoms with Crippen LogP contribution >= 0.6 is 0 Å². The first-order valence-electron chi connectivity index (χ1n) is 14.9. The molecule has 2 fully saturated rings. The van der Waals surface area contributed by atoms with Crippen LogP contribution in [-0.4, -0.2) is 42.5 Å². The second-order valence-corrected chi connectivity index (χ2v) is 11.7. The van der Waals surface area contributed by atoms with Crippen molar-refractivity contribution in [3.63, 3.8) is 0 Å². The van der Waals surface area contributed by atoms with Crippen LogP contribution in [0.3, 0.4) is 0 Å². The number of nitrogens with one attached hydrogen (secondary N) is 1. The van der Waals surface area contributed by atoms with Gasteiger partial charge in [-0.05, 0) is 98.9 Å². The number of carbonyl (C=O) groups is 2. The Labute approximate surface area is 264 Å². The van der Waals surface area contributed by atoms with E-state index in [0.29, 0.717) is 37.4 Å². The van der Waals surface area contributed by atoms with E-state index < -0.39 is 65.9 Å². The highest BCUT2D eigenvalue weighted by atomic mass is 19.4. The van der Waals surface area contributed by atoms with E-state index in [1.54, 1.807) is 6.92 Å². The molecule has 2 aromatic rings. The second-order valence-electron chi connectivity index (χ2n) is 11.7. The van der Waals surface area contributed by atoms with E-state index in [9.17, 15) is 49.1 Å². The molecule has 7 nitrogen and oxygen atoms in total. The number of cyclic esters (lactones) is 1. The standard InChI is InChI=1S/C31H33F9N2O5/c1-3-45-26(43)10-18-4-6-19(7-5-18)15-41-25-9-8-24(47-31(38,39)40)13-21(25)16-42-17(2)27(46-28(42)44)20-11-22(29(32,33)34)14-23(12-20)30(35,36)37/h8-9,11-14,17-19,27,41H,3-7,10,15-16H2,1-2H3/t17-,18?,19?,27-/m0/s1. The molecule has 1 aliphatic heterocycles. The van der Waals surface area contributed by atoms with Gasteiger partial charge in [-0.25, -0.2) is 4.79 Å². The molecule has 2 aliphatic rings. The van der Waals surface area contributed by atoms with Gasteiger partial charge in [0.25, 0.3) is 0 Å². The lowest BCUT2D eigenvalue weighted by molar-refractivity contribution is -0.274. The number of anilines is 1. The summed E-state index contributed by atoms with van der Waals surface area (Å²) in [5.74, 6) is -0.511. The number of alkyl halides is 9. The minimum atomic E-state index is -5.12. The van der Waals surface area contributed by atoms with Crippen LogP contribution in [0.5, 0.6) is 5.75 Å². The molecule has 16 heteroatoms. The summed E-state index contributed by atoms with van der Waals surface area (Å²) in [5, 5.41) is 3.19. The molecule has 1 N–H and O–H groups in total. The maximum Gasteiger partial charge on any atom is 0.573 e. The zero-order chi connectivity index (χ0) is 34.7. The van der Waals surface area contributed by atoms with Gasteiger partial charge in [0, 0.05) is 18.7 Å². The molecule has 0 aromatic heterocycles. The highest BCUT2D eigenvalue weighted by Gasteiger charge is 2.43. The summed E-state index contributed by atoms with van der Waals surface area (Å²) >= 11 is 0. The lowest BCUT2D eigenvalue weighted by Gasteiger charge is -2.29. The van der Waals surface area contributed by atoms with Gasteiger partial charge in [-0.3, -0.25) is 9.69 Å². The molecule has 0 spiro atoms. The van der Waals surface area contributed by atoms with Crippen molar-refractivity contribution in [2.45, 2.75) is 83.4 Å². The van der Waals surface area contributed by atoms with Crippen LogP contribution in [0, 0.1) is 11.8 Å². The summed E-state index contributed by atoms with van der Waals surface area (Å²) in [5.41, 5.74) is -3.21. The van der Waals surface area contributed by atoms with Crippen molar-refractivity contribution in [1.82, 2.24) is 4.90 Å². The predicted octanol–water partition coefficient (Wildman–Crippen LogP) is 8.88. The fraction of sp³-hybridized carbons (Fsp3) is 0.548. The van der Waals surface area contributed by atoms with E-state index in [-0.39, 0.29) is 29.4 Å². The van der Waals surface area contributed by atoms with E-state index >= 15 is 0 Å². The van der Waals surface area contributed by atoms with Gasteiger partial charge in [-0.1, -0.05) is 0 Å². The number of halogens is 9. The minimum Gasteiger partial charge on any atom is -0.466 e. The average Bonchev–Trinajstić information content (AvgIpc) is 3.24. The van der Waals surface area contributed by atoms with Gasteiger partial charge in [0.05, 0.1) is 30.3 Å². The predicted molar refractivity (Wildman–Crippen MR) is 149 cm³/mol. The van der Waals surface area contributed by atoms with Crippen LogP contribution in [-0.2, 0) is 33.2 Å². The first-order valence-corrected chi connectivity index (χ1v) is 14.9. The molecule has 1 saturated heterocycles. The molecule has 1 heterocycles. The third-order valence-electron chi connectivity index (χ3n) is 8.29. The molecular weight excluding hydrogens is 651 g/mol. The summed E-state index contributed by atoms with van der Waals surface area (Å²) in [6.45, 7) is 3.38. The monoisotopic (exact) mass is 684 g/mol.